The van der Waals surface area contributed by atoms with Crippen molar-refractivity contribution < 1.29 is 23.4 Å². The van der Waals surface area contributed by atoms with Crippen LogP contribution in [0.1, 0.15) is 19.8 Å². The Morgan fingerprint density at radius 3 is 2.50 bits per heavy atom. The summed E-state index contributed by atoms with van der Waals surface area (Å²) < 4.78 is 22.5. The molecule has 0 aliphatic carbocycles. The van der Waals surface area contributed by atoms with Gasteiger partial charge in [0.25, 0.3) is 0 Å². The molecule has 2 unspecified atom stereocenters. The molecule has 0 amide bonds. The van der Waals surface area contributed by atoms with Crippen LogP contribution in [0.2, 0.25) is 0 Å². The molecule has 2 N–H and O–H groups in total. The van der Waals surface area contributed by atoms with E-state index in [0.29, 0.717) is 6.42 Å². The van der Waals surface area contributed by atoms with Crippen molar-refractivity contribution in [2.45, 2.75) is 25.4 Å². The van der Waals surface area contributed by atoms with E-state index in [9.17, 15) is 18.3 Å². The van der Waals surface area contributed by atoms with Crippen LogP contribution in [-0.2, 0) is 14.6 Å². The van der Waals surface area contributed by atoms with Crippen LogP contribution in [0, 0.1) is 5.92 Å². The summed E-state index contributed by atoms with van der Waals surface area (Å²) in [6, 6.07) is 0. The van der Waals surface area contributed by atoms with E-state index in [1.807, 2.05) is 0 Å². The summed E-state index contributed by atoms with van der Waals surface area (Å²) in [5.74, 6) is -2.60. The first kappa shape index (κ1) is 11.5. The monoisotopic (exact) mass is 222 g/mol. The van der Waals surface area contributed by atoms with Gasteiger partial charge in [0.1, 0.15) is 0 Å². The van der Waals surface area contributed by atoms with Crippen LogP contribution in [-0.4, -0.2) is 41.7 Å². The quantitative estimate of drug-likeness (QED) is 0.666. The van der Waals surface area contributed by atoms with Crippen LogP contribution in [0.5, 0.6) is 0 Å². The Morgan fingerprint density at radius 1 is 1.50 bits per heavy atom. The molecule has 1 fully saturated rings. The van der Waals surface area contributed by atoms with E-state index >= 15 is 0 Å². The molecule has 0 radical (unpaired) electrons. The van der Waals surface area contributed by atoms with E-state index in [1.54, 1.807) is 0 Å². The van der Waals surface area contributed by atoms with E-state index in [1.165, 1.54) is 6.92 Å². The predicted octanol–water partition coefficient (Wildman–Crippen LogP) is -0.353. The smallest absolute Gasteiger partial charge is 0.309 e. The van der Waals surface area contributed by atoms with Gasteiger partial charge in [-0.05, 0) is 19.8 Å². The summed E-state index contributed by atoms with van der Waals surface area (Å²) in [4.78, 5) is 10.7. The maximum Gasteiger partial charge on any atom is 0.309 e. The number of hydrogen-bond acceptors (Lipinski definition) is 4. The van der Waals surface area contributed by atoms with Crippen LogP contribution in [0.15, 0.2) is 0 Å². The molecule has 1 saturated heterocycles. The molecule has 6 heteroatoms. The molecular formula is C8H14O5S. The molecule has 2 atom stereocenters. The van der Waals surface area contributed by atoms with Gasteiger partial charge in [0.2, 0.25) is 0 Å². The van der Waals surface area contributed by atoms with Gasteiger partial charge in [-0.15, -0.1) is 0 Å². The van der Waals surface area contributed by atoms with E-state index in [2.05, 4.69) is 0 Å². The first-order valence-corrected chi connectivity index (χ1v) is 6.25. The molecule has 1 rings (SSSR count). The second-order valence-electron chi connectivity index (χ2n) is 3.86. The Hall–Kier alpha value is -0.620. The zero-order chi connectivity index (χ0) is 11.0. The van der Waals surface area contributed by atoms with Crippen molar-refractivity contribution in [2.24, 2.45) is 5.92 Å². The van der Waals surface area contributed by atoms with Crippen molar-refractivity contribution >= 4 is 15.8 Å². The van der Waals surface area contributed by atoms with E-state index in [4.69, 9.17) is 5.11 Å². The Kier molecular flexibility index (Phi) is 2.87. The largest absolute Gasteiger partial charge is 0.481 e. The van der Waals surface area contributed by atoms with Crippen LogP contribution in [0.25, 0.3) is 0 Å². The summed E-state index contributed by atoms with van der Waals surface area (Å²) in [6.45, 7) is 1.34. The Balaban J connectivity index is 2.89. The summed E-state index contributed by atoms with van der Waals surface area (Å²) >= 11 is 0. The average molecular weight is 222 g/mol. The Labute approximate surface area is 82.7 Å². The summed E-state index contributed by atoms with van der Waals surface area (Å²) in [5.41, 5.74) is -1.59. The lowest BCUT2D eigenvalue weighted by Crippen LogP contribution is -2.49. The summed E-state index contributed by atoms with van der Waals surface area (Å²) in [5, 5.41) is 18.6. The topological polar surface area (TPSA) is 91.7 Å². The van der Waals surface area contributed by atoms with Gasteiger partial charge in [-0.3, -0.25) is 4.79 Å². The number of aliphatic carboxylic acids is 1. The third-order valence-electron chi connectivity index (χ3n) is 2.71. The standard InChI is InChI=1S/C8H14O5S/c1-6(7(9)10)8(11)3-2-4-14(12,13)5-8/h6,11H,2-5H2,1H3,(H,9,10). The molecule has 1 heterocycles. The number of aliphatic hydroxyl groups is 1. The first-order chi connectivity index (χ1) is 6.27. The van der Waals surface area contributed by atoms with E-state index in [-0.39, 0.29) is 12.2 Å². The lowest BCUT2D eigenvalue weighted by atomic mass is 9.86. The molecule has 5 nitrogen and oxygen atoms in total. The summed E-state index contributed by atoms with van der Waals surface area (Å²) in [6.07, 6.45) is 0.566. The van der Waals surface area contributed by atoms with Crippen LogP contribution >= 0.6 is 0 Å². The van der Waals surface area contributed by atoms with Gasteiger partial charge in [0.05, 0.1) is 23.0 Å². The van der Waals surface area contributed by atoms with Gasteiger partial charge in [-0.1, -0.05) is 0 Å². The molecule has 0 saturated carbocycles. The molecule has 0 spiro atoms. The third kappa shape index (κ3) is 2.24. The van der Waals surface area contributed by atoms with Gasteiger partial charge in [0.15, 0.2) is 9.84 Å². The predicted molar refractivity (Wildman–Crippen MR) is 49.6 cm³/mol. The zero-order valence-electron chi connectivity index (χ0n) is 7.93. The van der Waals surface area contributed by atoms with Gasteiger partial charge in [-0.2, -0.15) is 0 Å². The van der Waals surface area contributed by atoms with Crippen molar-refractivity contribution in [1.29, 1.82) is 0 Å². The first-order valence-electron chi connectivity index (χ1n) is 4.42. The molecule has 82 valence electrons. The molecule has 0 aromatic rings. The second kappa shape index (κ2) is 3.51. The van der Waals surface area contributed by atoms with Gasteiger partial charge in [0, 0.05) is 0 Å². The minimum atomic E-state index is -3.28. The van der Waals surface area contributed by atoms with E-state index in [0.717, 1.165) is 0 Å². The van der Waals surface area contributed by atoms with Crippen molar-refractivity contribution in [3.63, 3.8) is 0 Å². The van der Waals surface area contributed by atoms with Gasteiger partial charge >= 0.3 is 5.97 Å². The van der Waals surface area contributed by atoms with Crippen molar-refractivity contribution in [3.8, 4) is 0 Å². The third-order valence-corrected chi connectivity index (χ3v) is 4.56. The van der Waals surface area contributed by atoms with Crippen molar-refractivity contribution in [1.82, 2.24) is 0 Å². The van der Waals surface area contributed by atoms with Crippen LogP contribution in [0.3, 0.4) is 0 Å². The number of carbonyl (C=O) groups is 1. The number of carboxylic acids is 1. The fourth-order valence-corrected chi connectivity index (χ4v) is 3.58. The van der Waals surface area contributed by atoms with Crippen molar-refractivity contribution in [2.75, 3.05) is 11.5 Å². The Bertz CT molecular complexity index is 334. The SMILES string of the molecule is CC(C(=O)O)C1(O)CCCS(=O)(=O)C1. The minimum Gasteiger partial charge on any atom is -0.481 e. The molecule has 0 bridgehead atoms. The van der Waals surface area contributed by atoms with Crippen LogP contribution in [0.4, 0.5) is 0 Å². The molecule has 1 aliphatic heterocycles. The summed E-state index contributed by atoms with van der Waals surface area (Å²) in [7, 11) is -3.28. The normalized spacial score (nSPS) is 33.6. The highest BCUT2D eigenvalue weighted by Crippen LogP contribution is 2.30. The second-order valence-corrected chi connectivity index (χ2v) is 6.04. The number of carboxylic acid groups (broad SMARTS) is 1. The molecule has 14 heavy (non-hydrogen) atoms. The number of rotatable bonds is 2. The molecule has 0 aromatic heterocycles. The maximum absolute atomic E-state index is 11.2. The van der Waals surface area contributed by atoms with E-state index < -0.39 is 33.1 Å². The lowest BCUT2D eigenvalue weighted by molar-refractivity contribution is -0.150. The highest BCUT2D eigenvalue weighted by atomic mass is 32.2. The van der Waals surface area contributed by atoms with Crippen molar-refractivity contribution in [3.05, 3.63) is 0 Å². The lowest BCUT2D eigenvalue weighted by Gasteiger charge is -2.34. The average Bonchev–Trinajstić information content (AvgIpc) is 2.00. The molecule has 1 aliphatic rings. The zero-order valence-corrected chi connectivity index (χ0v) is 8.75. The fourth-order valence-electron chi connectivity index (χ4n) is 1.69. The molecule has 0 aromatic carbocycles. The highest BCUT2D eigenvalue weighted by molar-refractivity contribution is 7.91. The highest BCUT2D eigenvalue weighted by Gasteiger charge is 2.44. The number of sulfone groups is 1. The fraction of sp³-hybridized carbons (Fsp3) is 0.875. The van der Waals surface area contributed by atoms with Gasteiger partial charge in [-0.25, -0.2) is 8.42 Å². The number of hydrogen-bond donors (Lipinski definition) is 2. The van der Waals surface area contributed by atoms with Gasteiger partial charge < -0.3 is 10.2 Å². The Morgan fingerprint density at radius 2 is 2.07 bits per heavy atom. The maximum atomic E-state index is 11.2. The molecular weight excluding hydrogens is 208 g/mol. The van der Waals surface area contributed by atoms with Crippen LogP contribution < -0.4 is 0 Å². The minimum absolute atomic E-state index is 0.0433.